The minimum absolute atomic E-state index is 0.0728. The van der Waals surface area contributed by atoms with Crippen molar-refractivity contribution in [3.63, 3.8) is 0 Å². The Labute approximate surface area is 121 Å². The van der Waals surface area contributed by atoms with E-state index in [0.29, 0.717) is 16.7 Å². The van der Waals surface area contributed by atoms with Crippen LogP contribution in [0.3, 0.4) is 0 Å². The van der Waals surface area contributed by atoms with E-state index in [9.17, 15) is 9.18 Å². The lowest BCUT2D eigenvalue weighted by Gasteiger charge is -2.07. The molecule has 0 unspecified atom stereocenters. The normalized spacial score (nSPS) is 10.8. The van der Waals surface area contributed by atoms with Gasteiger partial charge in [0.2, 0.25) is 0 Å². The molecule has 0 atom stereocenters. The molecule has 21 heavy (non-hydrogen) atoms. The molecule has 3 rings (SSSR count). The number of fused-ring (bicyclic) bond motifs is 1. The predicted octanol–water partition coefficient (Wildman–Crippen LogP) is 3.74. The maximum atomic E-state index is 13.4. The van der Waals surface area contributed by atoms with Gasteiger partial charge in [-0.25, -0.2) is 4.39 Å². The summed E-state index contributed by atoms with van der Waals surface area (Å²) in [4.78, 5) is 15.5. The van der Waals surface area contributed by atoms with Gasteiger partial charge in [0, 0.05) is 34.6 Å². The summed E-state index contributed by atoms with van der Waals surface area (Å²) < 4.78 is 18.6. The van der Waals surface area contributed by atoms with Crippen LogP contribution in [0.5, 0.6) is 5.75 Å². The Morgan fingerprint density at radius 2 is 2.05 bits per heavy atom. The molecule has 0 saturated heterocycles. The molecule has 0 aliphatic rings. The van der Waals surface area contributed by atoms with E-state index >= 15 is 0 Å². The summed E-state index contributed by atoms with van der Waals surface area (Å²) in [5.41, 5.74) is 2.06. The first-order chi connectivity index (χ1) is 10.2. The first kappa shape index (κ1) is 13.4. The number of para-hydroxylation sites is 1. The molecule has 1 aromatic heterocycles. The molecule has 3 nitrogen and oxygen atoms in total. The number of ether oxygens (including phenoxy) is 1. The van der Waals surface area contributed by atoms with Gasteiger partial charge in [-0.1, -0.05) is 18.2 Å². The van der Waals surface area contributed by atoms with E-state index in [-0.39, 0.29) is 18.0 Å². The van der Waals surface area contributed by atoms with Crippen molar-refractivity contribution in [3.8, 4) is 5.75 Å². The summed E-state index contributed by atoms with van der Waals surface area (Å²) in [5.74, 6) is 0.252. The van der Waals surface area contributed by atoms with Gasteiger partial charge in [-0.15, -0.1) is 0 Å². The van der Waals surface area contributed by atoms with Gasteiger partial charge >= 0.3 is 0 Å². The molecular weight excluding hydrogens is 269 g/mol. The van der Waals surface area contributed by atoms with Gasteiger partial charge in [0.1, 0.15) is 11.6 Å². The third-order valence-corrected chi connectivity index (χ3v) is 3.49. The largest absolute Gasteiger partial charge is 0.496 e. The van der Waals surface area contributed by atoms with E-state index < -0.39 is 0 Å². The number of carbonyl (C=O) groups is 1. The number of ketones is 1. The number of benzene rings is 2. The SMILES string of the molecule is COc1ccccc1CC(=O)c1c[nH]c2ccc(F)cc12. The molecule has 0 amide bonds. The van der Waals surface area contributed by atoms with E-state index in [1.807, 2.05) is 24.3 Å². The van der Waals surface area contributed by atoms with Crippen LogP contribution in [0.4, 0.5) is 4.39 Å². The highest BCUT2D eigenvalue weighted by molar-refractivity contribution is 6.08. The Hall–Kier alpha value is -2.62. The number of carbonyl (C=O) groups excluding carboxylic acids is 1. The quantitative estimate of drug-likeness (QED) is 0.741. The van der Waals surface area contributed by atoms with E-state index in [0.717, 1.165) is 11.1 Å². The molecule has 3 aromatic rings. The number of hydrogen-bond donors (Lipinski definition) is 1. The van der Waals surface area contributed by atoms with Gasteiger partial charge < -0.3 is 9.72 Å². The lowest BCUT2D eigenvalue weighted by Crippen LogP contribution is -2.04. The number of Topliss-reactive ketones (excluding diaryl/α,β-unsaturated/α-hetero) is 1. The summed E-state index contributed by atoms with van der Waals surface area (Å²) in [6.45, 7) is 0. The Morgan fingerprint density at radius 3 is 2.86 bits per heavy atom. The Bertz CT molecular complexity index is 807. The standard InChI is InChI=1S/C17H14FNO2/c1-21-17-5-3-2-4-11(17)8-16(20)14-10-19-15-7-6-12(18)9-13(14)15/h2-7,9-10,19H,8H2,1H3. The van der Waals surface area contributed by atoms with Crippen molar-refractivity contribution in [3.05, 3.63) is 65.6 Å². The first-order valence-corrected chi connectivity index (χ1v) is 6.61. The van der Waals surface area contributed by atoms with Crippen molar-refractivity contribution in [1.82, 2.24) is 4.98 Å². The van der Waals surface area contributed by atoms with Crippen molar-refractivity contribution in [2.24, 2.45) is 0 Å². The van der Waals surface area contributed by atoms with E-state index in [4.69, 9.17) is 4.74 Å². The van der Waals surface area contributed by atoms with Crippen LogP contribution in [-0.2, 0) is 6.42 Å². The van der Waals surface area contributed by atoms with Crippen LogP contribution in [0.25, 0.3) is 10.9 Å². The Kier molecular flexibility index (Phi) is 3.44. The molecule has 1 N–H and O–H groups in total. The van der Waals surface area contributed by atoms with Gasteiger partial charge in [0.05, 0.1) is 7.11 Å². The summed E-state index contributed by atoms with van der Waals surface area (Å²) in [7, 11) is 1.57. The van der Waals surface area contributed by atoms with Gasteiger partial charge in [0.15, 0.2) is 5.78 Å². The van der Waals surface area contributed by atoms with Crippen molar-refractivity contribution in [2.75, 3.05) is 7.11 Å². The second-order valence-electron chi connectivity index (χ2n) is 4.80. The number of H-pyrrole nitrogens is 1. The Balaban J connectivity index is 1.96. The molecule has 0 aliphatic heterocycles. The molecule has 106 valence electrons. The van der Waals surface area contributed by atoms with Crippen molar-refractivity contribution in [2.45, 2.75) is 6.42 Å². The van der Waals surface area contributed by atoms with Crippen LogP contribution >= 0.6 is 0 Å². The van der Waals surface area contributed by atoms with Crippen LogP contribution in [0, 0.1) is 5.82 Å². The number of aromatic amines is 1. The zero-order chi connectivity index (χ0) is 14.8. The number of methoxy groups -OCH3 is 1. The van der Waals surface area contributed by atoms with Crippen LogP contribution in [0.15, 0.2) is 48.7 Å². The third kappa shape index (κ3) is 2.52. The minimum atomic E-state index is -0.353. The van der Waals surface area contributed by atoms with Crippen LogP contribution in [0.1, 0.15) is 15.9 Å². The molecule has 1 heterocycles. The minimum Gasteiger partial charge on any atom is -0.496 e. The van der Waals surface area contributed by atoms with Crippen LogP contribution in [0.2, 0.25) is 0 Å². The highest BCUT2D eigenvalue weighted by atomic mass is 19.1. The lowest BCUT2D eigenvalue weighted by molar-refractivity contribution is 0.0993. The van der Waals surface area contributed by atoms with Crippen molar-refractivity contribution >= 4 is 16.7 Å². The number of halogens is 1. The smallest absolute Gasteiger partial charge is 0.169 e. The monoisotopic (exact) mass is 283 g/mol. The topological polar surface area (TPSA) is 42.1 Å². The molecule has 0 bridgehead atoms. The van der Waals surface area contributed by atoms with E-state index in [1.54, 1.807) is 19.4 Å². The van der Waals surface area contributed by atoms with E-state index in [2.05, 4.69) is 4.98 Å². The van der Waals surface area contributed by atoms with E-state index in [1.165, 1.54) is 12.1 Å². The summed E-state index contributed by atoms with van der Waals surface area (Å²) in [6, 6.07) is 11.8. The number of nitrogens with one attached hydrogen (secondary N) is 1. The fraction of sp³-hybridized carbons (Fsp3) is 0.118. The maximum absolute atomic E-state index is 13.4. The van der Waals surface area contributed by atoms with Crippen molar-refractivity contribution in [1.29, 1.82) is 0 Å². The molecule has 0 spiro atoms. The zero-order valence-corrected chi connectivity index (χ0v) is 11.5. The summed E-state index contributed by atoms with van der Waals surface area (Å²) in [6.07, 6.45) is 1.84. The fourth-order valence-corrected chi connectivity index (χ4v) is 2.44. The van der Waals surface area contributed by atoms with Crippen LogP contribution < -0.4 is 4.74 Å². The highest BCUT2D eigenvalue weighted by Gasteiger charge is 2.15. The molecule has 0 aliphatic carbocycles. The summed E-state index contributed by atoms with van der Waals surface area (Å²) >= 11 is 0. The molecule has 4 heteroatoms. The zero-order valence-electron chi connectivity index (χ0n) is 11.5. The van der Waals surface area contributed by atoms with Crippen molar-refractivity contribution < 1.29 is 13.9 Å². The molecular formula is C17H14FNO2. The number of hydrogen-bond acceptors (Lipinski definition) is 2. The predicted molar refractivity (Wildman–Crippen MR) is 79.3 cm³/mol. The van der Waals surface area contributed by atoms with Gasteiger partial charge in [-0.2, -0.15) is 0 Å². The number of aromatic nitrogens is 1. The Morgan fingerprint density at radius 1 is 1.24 bits per heavy atom. The lowest BCUT2D eigenvalue weighted by atomic mass is 10.0. The first-order valence-electron chi connectivity index (χ1n) is 6.61. The average Bonchev–Trinajstić information content (AvgIpc) is 2.90. The van der Waals surface area contributed by atoms with Gasteiger partial charge in [-0.3, -0.25) is 4.79 Å². The number of rotatable bonds is 4. The van der Waals surface area contributed by atoms with Gasteiger partial charge in [-0.05, 0) is 24.3 Å². The fourth-order valence-electron chi connectivity index (χ4n) is 2.44. The molecule has 0 radical (unpaired) electrons. The molecule has 0 saturated carbocycles. The second-order valence-corrected chi connectivity index (χ2v) is 4.80. The second kappa shape index (κ2) is 5.40. The third-order valence-electron chi connectivity index (χ3n) is 3.49. The van der Waals surface area contributed by atoms with Crippen LogP contribution in [-0.4, -0.2) is 17.9 Å². The highest BCUT2D eigenvalue weighted by Crippen LogP contribution is 2.23. The summed E-state index contributed by atoms with van der Waals surface area (Å²) in [5, 5.41) is 0.606. The van der Waals surface area contributed by atoms with Gasteiger partial charge in [0.25, 0.3) is 0 Å². The maximum Gasteiger partial charge on any atom is 0.169 e. The average molecular weight is 283 g/mol. The molecule has 2 aromatic carbocycles. The molecule has 0 fully saturated rings.